The van der Waals surface area contributed by atoms with Crippen LogP contribution < -0.4 is 0 Å². The van der Waals surface area contributed by atoms with Gasteiger partial charge >= 0.3 is 0 Å². The number of nitrogens with zero attached hydrogens (tertiary/aromatic N) is 2. The lowest BCUT2D eigenvalue weighted by atomic mass is 10.1. The molecule has 1 saturated carbocycles. The van der Waals surface area contributed by atoms with E-state index in [-0.39, 0.29) is 18.6 Å². The van der Waals surface area contributed by atoms with Crippen molar-refractivity contribution in [3.8, 4) is 0 Å². The van der Waals surface area contributed by atoms with Gasteiger partial charge in [-0.15, -0.1) is 0 Å². The highest BCUT2D eigenvalue weighted by molar-refractivity contribution is 5.82. The molecular weight excluding hydrogens is 204 g/mol. The van der Waals surface area contributed by atoms with E-state index in [9.17, 15) is 4.79 Å². The topological polar surface area (TPSA) is 43.8 Å². The minimum atomic E-state index is -0.115. The standard InChI is InChI=1S/C12H22N2O2/c1-9-7-13(2)11(5-6-15)12(16)14(8-9)10-3-4-10/h9-11,15H,3-8H2,1-2H3. The highest BCUT2D eigenvalue weighted by Gasteiger charge is 2.39. The summed E-state index contributed by atoms with van der Waals surface area (Å²) in [4.78, 5) is 16.5. The molecule has 0 aromatic rings. The second-order valence-electron chi connectivity index (χ2n) is 5.29. The molecule has 0 radical (unpaired) electrons. The molecule has 4 nitrogen and oxygen atoms in total. The maximum Gasteiger partial charge on any atom is 0.240 e. The van der Waals surface area contributed by atoms with E-state index in [4.69, 9.17) is 5.11 Å². The fourth-order valence-corrected chi connectivity index (χ4v) is 2.66. The summed E-state index contributed by atoms with van der Waals surface area (Å²) < 4.78 is 0. The van der Waals surface area contributed by atoms with Crippen molar-refractivity contribution in [3.05, 3.63) is 0 Å². The van der Waals surface area contributed by atoms with Crippen molar-refractivity contribution in [1.29, 1.82) is 0 Å². The molecule has 2 atom stereocenters. The van der Waals surface area contributed by atoms with Gasteiger partial charge in [0.05, 0.1) is 6.04 Å². The predicted octanol–water partition coefficient (Wildman–Crippen LogP) is 0.310. The highest BCUT2D eigenvalue weighted by atomic mass is 16.3. The molecule has 1 aliphatic heterocycles. The van der Waals surface area contributed by atoms with Gasteiger partial charge in [0.2, 0.25) is 5.91 Å². The van der Waals surface area contributed by atoms with Crippen molar-refractivity contribution < 1.29 is 9.90 Å². The van der Waals surface area contributed by atoms with E-state index in [1.807, 2.05) is 7.05 Å². The van der Waals surface area contributed by atoms with Crippen molar-refractivity contribution in [3.63, 3.8) is 0 Å². The van der Waals surface area contributed by atoms with E-state index >= 15 is 0 Å². The third-order valence-electron chi connectivity index (χ3n) is 3.60. The average Bonchev–Trinajstić information content (AvgIpc) is 3.04. The number of rotatable bonds is 3. The van der Waals surface area contributed by atoms with Crippen molar-refractivity contribution in [2.75, 3.05) is 26.7 Å². The Morgan fingerprint density at radius 2 is 2.06 bits per heavy atom. The zero-order valence-electron chi connectivity index (χ0n) is 10.2. The lowest BCUT2D eigenvalue weighted by Crippen LogP contribution is -2.45. The third-order valence-corrected chi connectivity index (χ3v) is 3.60. The molecule has 1 saturated heterocycles. The third kappa shape index (κ3) is 2.38. The summed E-state index contributed by atoms with van der Waals surface area (Å²) in [5, 5.41) is 9.05. The molecule has 2 unspecified atom stereocenters. The molecule has 1 amide bonds. The van der Waals surface area contributed by atoms with Gasteiger partial charge in [-0.2, -0.15) is 0 Å². The Morgan fingerprint density at radius 3 is 2.62 bits per heavy atom. The summed E-state index contributed by atoms with van der Waals surface area (Å²) in [7, 11) is 1.99. The molecule has 0 spiro atoms. The molecule has 4 heteroatoms. The minimum absolute atomic E-state index is 0.0909. The van der Waals surface area contributed by atoms with Crippen LogP contribution in [0.4, 0.5) is 0 Å². The summed E-state index contributed by atoms with van der Waals surface area (Å²) in [6.45, 7) is 4.11. The Kier molecular flexibility index (Phi) is 3.50. The maximum absolute atomic E-state index is 12.3. The van der Waals surface area contributed by atoms with Gasteiger partial charge in [0.1, 0.15) is 0 Å². The second kappa shape index (κ2) is 4.72. The van der Waals surface area contributed by atoms with Crippen LogP contribution in [0.5, 0.6) is 0 Å². The predicted molar refractivity (Wildman–Crippen MR) is 62.0 cm³/mol. The van der Waals surface area contributed by atoms with E-state index in [0.717, 1.165) is 25.9 Å². The lowest BCUT2D eigenvalue weighted by Gasteiger charge is -2.27. The molecule has 92 valence electrons. The van der Waals surface area contributed by atoms with Gasteiger partial charge in [-0.3, -0.25) is 9.69 Å². The molecule has 2 aliphatic rings. The van der Waals surface area contributed by atoms with Gasteiger partial charge in [-0.25, -0.2) is 0 Å². The van der Waals surface area contributed by atoms with E-state index in [2.05, 4.69) is 16.7 Å². The van der Waals surface area contributed by atoms with Crippen molar-refractivity contribution in [2.45, 2.75) is 38.3 Å². The first kappa shape index (κ1) is 11.9. The number of likely N-dealkylation sites (N-methyl/N-ethyl adjacent to an activating group) is 1. The van der Waals surface area contributed by atoms with Gasteiger partial charge in [0, 0.05) is 25.7 Å². The number of aliphatic hydroxyl groups excluding tert-OH is 1. The molecule has 1 heterocycles. The zero-order chi connectivity index (χ0) is 11.7. The first-order chi connectivity index (χ1) is 7.63. The fraction of sp³-hybridized carbons (Fsp3) is 0.917. The fourth-order valence-electron chi connectivity index (χ4n) is 2.66. The van der Waals surface area contributed by atoms with E-state index in [1.54, 1.807) is 0 Å². The Labute approximate surface area is 97.2 Å². The van der Waals surface area contributed by atoms with Crippen LogP contribution >= 0.6 is 0 Å². The van der Waals surface area contributed by atoms with E-state index < -0.39 is 0 Å². The van der Waals surface area contributed by atoms with Crippen LogP contribution in [0, 0.1) is 5.92 Å². The van der Waals surface area contributed by atoms with E-state index in [1.165, 1.54) is 0 Å². The first-order valence-electron chi connectivity index (χ1n) is 6.25. The monoisotopic (exact) mass is 226 g/mol. The van der Waals surface area contributed by atoms with Crippen molar-refractivity contribution >= 4 is 5.91 Å². The Bertz CT molecular complexity index is 266. The molecule has 0 aromatic carbocycles. The highest BCUT2D eigenvalue weighted by Crippen LogP contribution is 2.30. The summed E-state index contributed by atoms with van der Waals surface area (Å²) in [6.07, 6.45) is 2.88. The number of carbonyl (C=O) groups excluding carboxylic acids is 1. The quantitative estimate of drug-likeness (QED) is 0.753. The van der Waals surface area contributed by atoms with Crippen LogP contribution in [0.15, 0.2) is 0 Å². The number of hydrogen-bond donors (Lipinski definition) is 1. The Morgan fingerprint density at radius 1 is 1.38 bits per heavy atom. The Balaban J connectivity index is 2.12. The molecule has 0 bridgehead atoms. The van der Waals surface area contributed by atoms with Crippen LogP contribution in [0.2, 0.25) is 0 Å². The number of aliphatic hydroxyl groups is 1. The number of carbonyl (C=O) groups is 1. The van der Waals surface area contributed by atoms with Crippen molar-refractivity contribution in [1.82, 2.24) is 9.80 Å². The zero-order valence-corrected chi connectivity index (χ0v) is 10.2. The molecule has 0 aromatic heterocycles. The second-order valence-corrected chi connectivity index (χ2v) is 5.29. The van der Waals surface area contributed by atoms with Gasteiger partial charge in [0.25, 0.3) is 0 Å². The summed E-state index contributed by atoms with van der Waals surface area (Å²) in [5.74, 6) is 0.752. The first-order valence-corrected chi connectivity index (χ1v) is 6.25. The minimum Gasteiger partial charge on any atom is -0.396 e. The summed E-state index contributed by atoms with van der Waals surface area (Å²) in [5.41, 5.74) is 0. The van der Waals surface area contributed by atoms with Crippen LogP contribution in [-0.2, 0) is 4.79 Å². The van der Waals surface area contributed by atoms with Gasteiger partial charge in [-0.05, 0) is 32.2 Å². The summed E-state index contributed by atoms with van der Waals surface area (Å²) in [6, 6.07) is 0.373. The number of hydrogen-bond acceptors (Lipinski definition) is 3. The van der Waals surface area contributed by atoms with Crippen LogP contribution in [-0.4, -0.2) is 59.6 Å². The van der Waals surface area contributed by atoms with Gasteiger partial charge < -0.3 is 10.0 Å². The maximum atomic E-state index is 12.3. The molecule has 2 fully saturated rings. The van der Waals surface area contributed by atoms with Crippen LogP contribution in [0.25, 0.3) is 0 Å². The SMILES string of the molecule is CC1CN(C)C(CCO)C(=O)N(C2CC2)C1. The lowest BCUT2D eigenvalue weighted by molar-refractivity contribution is -0.136. The largest absolute Gasteiger partial charge is 0.396 e. The summed E-state index contributed by atoms with van der Waals surface area (Å²) >= 11 is 0. The molecule has 2 rings (SSSR count). The van der Waals surface area contributed by atoms with Gasteiger partial charge in [-0.1, -0.05) is 6.92 Å². The Hall–Kier alpha value is -0.610. The molecule has 16 heavy (non-hydrogen) atoms. The average molecular weight is 226 g/mol. The molecule has 1 N–H and O–H groups in total. The number of amides is 1. The molecular formula is C12H22N2O2. The van der Waals surface area contributed by atoms with Crippen LogP contribution in [0.1, 0.15) is 26.2 Å². The normalized spacial score (nSPS) is 32.9. The van der Waals surface area contributed by atoms with Gasteiger partial charge in [0.15, 0.2) is 0 Å². The smallest absolute Gasteiger partial charge is 0.240 e. The van der Waals surface area contributed by atoms with Crippen LogP contribution in [0.3, 0.4) is 0 Å². The molecule has 1 aliphatic carbocycles. The van der Waals surface area contributed by atoms with Crippen molar-refractivity contribution in [2.24, 2.45) is 5.92 Å². The van der Waals surface area contributed by atoms with E-state index in [0.29, 0.717) is 18.4 Å².